The van der Waals surface area contributed by atoms with Crippen LogP contribution in [0, 0.1) is 17.7 Å². The van der Waals surface area contributed by atoms with Crippen molar-refractivity contribution in [1.82, 2.24) is 14.8 Å². The summed E-state index contributed by atoms with van der Waals surface area (Å²) >= 11 is 6.33. The maximum absolute atomic E-state index is 12.9. The number of halogens is 2. The quantitative estimate of drug-likeness (QED) is 0.733. The Labute approximate surface area is 149 Å². The lowest BCUT2D eigenvalue weighted by atomic mass is 9.95. The molecule has 0 aliphatic rings. The fourth-order valence-corrected chi connectivity index (χ4v) is 2.81. The summed E-state index contributed by atoms with van der Waals surface area (Å²) in [5, 5.41) is 15.1. The Kier molecular flexibility index (Phi) is 4.84. The molecule has 0 radical (unpaired) electrons. The summed E-state index contributed by atoms with van der Waals surface area (Å²) in [6.07, 6.45) is 2.94. The van der Waals surface area contributed by atoms with Crippen LogP contribution in [0.4, 0.5) is 4.39 Å². The van der Waals surface area contributed by atoms with E-state index in [1.807, 2.05) is 0 Å². The van der Waals surface area contributed by atoms with E-state index < -0.39 is 5.60 Å². The van der Waals surface area contributed by atoms with Crippen LogP contribution in [0.5, 0.6) is 0 Å². The van der Waals surface area contributed by atoms with E-state index in [-0.39, 0.29) is 12.4 Å². The molecule has 25 heavy (non-hydrogen) atoms. The highest BCUT2D eigenvalue weighted by Gasteiger charge is 2.26. The summed E-state index contributed by atoms with van der Waals surface area (Å²) < 4.78 is 14.4. The Morgan fingerprint density at radius 3 is 2.48 bits per heavy atom. The second kappa shape index (κ2) is 7.06. The number of aliphatic hydroxyl groups is 1. The van der Waals surface area contributed by atoms with Crippen molar-refractivity contribution in [2.45, 2.75) is 19.1 Å². The summed E-state index contributed by atoms with van der Waals surface area (Å²) in [5.74, 6) is 5.63. The fourth-order valence-electron chi connectivity index (χ4n) is 2.42. The minimum absolute atomic E-state index is 0.229. The van der Waals surface area contributed by atoms with Crippen LogP contribution in [0.2, 0.25) is 5.02 Å². The number of hydrogen-bond acceptors (Lipinski definition) is 3. The van der Waals surface area contributed by atoms with Crippen LogP contribution in [-0.2, 0) is 12.1 Å². The van der Waals surface area contributed by atoms with Crippen LogP contribution < -0.4 is 0 Å². The molecular weight excluding hydrogens is 341 g/mol. The van der Waals surface area contributed by atoms with Crippen molar-refractivity contribution < 1.29 is 9.50 Å². The second-order valence-corrected chi connectivity index (χ2v) is 6.23. The molecule has 1 atom stereocenters. The van der Waals surface area contributed by atoms with Gasteiger partial charge in [0.1, 0.15) is 24.1 Å². The normalized spacial score (nSPS) is 13.0. The van der Waals surface area contributed by atoms with E-state index in [4.69, 9.17) is 11.6 Å². The van der Waals surface area contributed by atoms with Crippen LogP contribution in [0.25, 0.3) is 0 Å². The molecule has 0 aliphatic heterocycles. The third-order valence-corrected chi connectivity index (χ3v) is 3.99. The molecule has 2 aromatic carbocycles. The van der Waals surface area contributed by atoms with E-state index in [0.29, 0.717) is 21.7 Å². The minimum Gasteiger partial charge on any atom is -0.383 e. The summed E-state index contributed by atoms with van der Waals surface area (Å²) in [5.41, 5.74) is 0.791. The molecule has 4 nitrogen and oxygen atoms in total. The van der Waals surface area contributed by atoms with Crippen LogP contribution in [0.15, 0.2) is 55.1 Å². The first-order valence-corrected chi connectivity index (χ1v) is 7.94. The lowest BCUT2D eigenvalue weighted by molar-refractivity contribution is 0.0346. The van der Waals surface area contributed by atoms with Crippen molar-refractivity contribution in [3.05, 3.63) is 82.6 Å². The molecule has 0 saturated heterocycles. The van der Waals surface area contributed by atoms with E-state index in [9.17, 15) is 9.50 Å². The lowest BCUT2D eigenvalue weighted by Gasteiger charge is -2.24. The van der Waals surface area contributed by atoms with Crippen molar-refractivity contribution in [3.8, 4) is 11.8 Å². The average Bonchev–Trinajstić information content (AvgIpc) is 3.06. The molecule has 1 unspecified atom stereocenters. The van der Waals surface area contributed by atoms with Crippen molar-refractivity contribution in [2.75, 3.05) is 0 Å². The minimum atomic E-state index is -1.20. The zero-order valence-electron chi connectivity index (χ0n) is 13.4. The fraction of sp³-hybridized carbons (Fsp3) is 0.158. The molecule has 126 valence electrons. The highest BCUT2D eigenvalue weighted by Crippen LogP contribution is 2.30. The van der Waals surface area contributed by atoms with E-state index in [1.54, 1.807) is 41.9 Å². The van der Waals surface area contributed by atoms with Gasteiger partial charge in [0.2, 0.25) is 0 Å². The molecule has 1 aromatic heterocycles. The molecule has 0 fully saturated rings. The number of rotatable bonds is 3. The van der Waals surface area contributed by atoms with Gasteiger partial charge in [-0.15, -0.1) is 0 Å². The van der Waals surface area contributed by atoms with Gasteiger partial charge in [0, 0.05) is 21.7 Å². The lowest BCUT2D eigenvalue weighted by Crippen LogP contribution is -2.28. The molecule has 0 saturated carbocycles. The molecule has 3 aromatic rings. The maximum atomic E-state index is 12.9. The second-order valence-electron chi connectivity index (χ2n) is 5.82. The Hall–Kier alpha value is -2.68. The molecule has 3 rings (SSSR count). The smallest absolute Gasteiger partial charge is 0.137 e. The van der Waals surface area contributed by atoms with Gasteiger partial charge in [0.15, 0.2) is 0 Å². The van der Waals surface area contributed by atoms with Gasteiger partial charge in [-0.05, 0) is 43.3 Å². The predicted molar refractivity (Wildman–Crippen MR) is 93.4 cm³/mol. The maximum Gasteiger partial charge on any atom is 0.137 e. The number of benzene rings is 2. The highest BCUT2D eigenvalue weighted by molar-refractivity contribution is 6.31. The van der Waals surface area contributed by atoms with E-state index in [2.05, 4.69) is 21.9 Å². The monoisotopic (exact) mass is 355 g/mol. The zero-order chi connectivity index (χ0) is 17.9. The summed E-state index contributed by atoms with van der Waals surface area (Å²) in [6.45, 7) is 1.90. The highest BCUT2D eigenvalue weighted by atomic mass is 35.5. The third-order valence-electron chi connectivity index (χ3n) is 3.68. The van der Waals surface area contributed by atoms with Gasteiger partial charge >= 0.3 is 0 Å². The van der Waals surface area contributed by atoms with Crippen molar-refractivity contribution in [1.29, 1.82) is 0 Å². The van der Waals surface area contributed by atoms with Crippen LogP contribution in [0.3, 0.4) is 0 Å². The molecule has 1 N–H and O–H groups in total. The van der Waals surface area contributed by atoms with Gasteiger partial charge in [-0.25, -0.2) is 14.1 Å². The Bertz CT molecular complexity index is 926. The number of hydrogen-bond donors (Lipinski definition) is 1. The van der Waals surface area contributed by atoms with Crippen molar-refractivity contribution >= 4 is 11.6 Å². The molecular formula is C19H15ClFN3O. The first-order valence-electron chi connectivity index (χ1n) is 7.56. The summed E-state index contributed by atoms with van der Waals surface area (Å²) in [7, 11) is 0. The Morgan fingerprint density at radius 1 is 1.16 bits per heavy atom. The first kappa shape index (κ1) is 17.2. The third kappa shape index (κ3) is 4.24. The number of nitrogens with zero attached hydrogens (tertiary/aromatic N) is 3. The number of aromatic nitrogens is 3. The van der Waals surface area contributed by atoms with E-state index >= 15 is 0 Å². The summed E-state index contributed by atoms with van der Waals surface area (Å²) in [4.78, 5) is 3.86. The van der Waals surface area contributed by atoms with Crippen molar-refractivity contribution in [3.63, 3.8) is 0 Å². The topological polar surface area (TPSA) is 50.9 Å². The van der Waals surface area contributed by atoms with Crippen LogP contribution in [-0.4, -0.2) is 19.9 Å². The van der Waals surface area contributed by atoms with Gasteiger partial charge < -0.3 is 5.11 Å². The molecule has 0 spiro atoms. The van der Waals surface area contributed by atoms with Gasteiger partial charge in [0.25, 0.3) is 0 Å². The van der Waals surface area contributed by atoms with Crippen molar-refractivity contribution in [2.24, 2.45) is 0 Å². The average molecular weight is 356 g/mol. The molecule has 1 heterocycles. The molecule has 0 bridgehead atoms. The van der Waals surface area contributed by atoms with Crippen LogP contribution in [0.1, 0.15) is 23.6 Å². The van der Waals surface area contributed by atoms with Gasteiger partial charge in [-0.2, -0.15) is 5.10 Å². The summed E-state index contributed by atoms with van der Waals surface area (Å²) in [6, 6.07) is 11.2. The molecule has 6 heteroatoms. The zero-order valence-corrected chi connectivity index (χ0v) is 14.2. The van der Waals surface area contributed by atoms with E-state index in [0.717, 1.165) is 0 Å². The largest absolute Gasteiger partial charge is 0.383 e. The van der Waals surface area contributed by atoms with Gasteiger partial charge in [-0.1, -0.05) is 29.5 Å². The van der Waals surface area contributed by atoms with Gasteiger partial charge in [0.05, 0.1) is 6.54 Å². The van der Waals surface area contributed by atoms with Crippen LogP contribution >= 0.6 is 11.6 Å². The van der Waals surface area contributed by atoms with E-state index in [1.165, 1.54) is 24.8 Å². The van der Waals surface area contributed by atoms with Gasteiger partial charge in [-0.3, -0.25) is 0 Å². The molecule has 0 amide bonds. The Morgan fingerprint density at radius 2 is 1.84 bits per heavy atom. The standard InChI is InChI=1S/C19H15ClFN3O/c1-19(25,11-24-13-22-12-23-24)17-9-6-15(10-18(17)20)3-2-14-4-7-16(21)8-5-14/h4-10,12-13,25H,11H2,1H3. The SMILES string of the molecule is CC(O)(Cn1cncn1)c1ccc(C#Cc2ccc(F)cc2)cc1Cl. The molecule has 0 aliphatic carbocycles. The Balaban J connectivity index is 1.82. The predicted octanol–water partition coefficient (Wildman–Crippen LogP) is 3.38. The first-order chi connectivity index (χ1) is 11.9.